The Morgan fingerprint density at radius 2 is 0.934 bits per heavy atom. The van der Waals surface area contributed by atoms with E-state index < -0.39 is 5.97 Å². The molecule has 9 rings (SSSR count). The van der Waals surface area contributed by atoms with Gasteiger partial charge in [-0.05, 0) is 76.8 Å². The molecular formula is C53H45BrN4O3. The minimum absolute atomic E-state index is 0. The minimum Gasteiger partial charge on any atom is -0.482 e. The zero-order valence-corrected chi connectivity index (χ0v) is 34.7. The maximum atomic E-state index is 10.9. The van der Waals surface area contributed by atoms with Gasteiger partial charge in [0, 0.05) is 43.7 Å². The van der Waals surface area contributed by atoms with Crippen LogP contribution in [0.15, 0.2) is 199 Å². The number of para-hydroxylation sites is 2. The van der Waals surface area contributed by atoms with Crippen molar-refractivity contribution in [1.29, 1.82) is 0 Å². The lowest BCUT2D eigenvalue weighted by atomic mass is 9.99. The van der Waals surface area contributed by atoms with Crippen LogP contribution in [-0.4, -0.2) is 37.2 Å². The summed E-state index contributed by atoms with van der Waals surface area (Å²) in [5.74, 6) is -0.503. The molecule has 0 radical (unpaired) electrons. The highest BCUT2D eigenvalue weighted by atomic mass is 79.9. The molecule has 0 aliphatic heterocycles. The lowest BCUT2D eigenvalue weighted by Gasteiger charge is -2.13. The Morgan fingerprint density at radius 3 is 1.43 bits per heavy atom. The first-order valence-corrected chi connectivity index (χ1v) is 20.4. The molecular weight excluding hydrogens is 821 g/mol. The summed E-state index contributed by atoms with van der Waals surface area (Å²) < 4.78 is 10.5. The van der Waals surface area contributed by atoms with E-state index in [1.807, 2.05) is 119 Å². The van der Waals surface area contributed by atoms with Crippen molar-refractivity contribution >= 4 is 21.9 Å². The number of benzene rings is 7. The second kappa shape index (κ2) is 19.2. The first kappa shape index (κ1) is 41.9. The van der Waals surface area contributed by atoms with Crippen molar-refractivity contribution in [3.05, 3.63) is 210 Å². The summed E-state index contributed by atoms with van der Waals surface area (Å²) in [5.41, 5.74) is 14.6. The molecule has 2 aromatic heterocycles. The molecule has 2 heterocycles. The number of carbonyl (C=O) groups is 1. The van der Waals surface area contributed by atoms with Crippen LogP contribution in [0.1, 0.15) is 18.8 Å². The van der Waals surface area contributed by atoms with E-state index in [0.29, 0.717) is 5.75 Å². The van der Waals surface area contributed by atoms with Crippen LogP contribution in [-0.2, 0) is 4.79 Å². The lowest BCUT2D eigenvalue weighted by molar-refractivity contribution is -0.139. The van der Waals surface area contributed by atoms with Gasteiger partial charge in [-0.25, -0.2) is 14.2 Å². The predicted molar refractivity (Wildman–Crippen MR) is 251 cm³/mol. The number of carboxylic acid groups (broad SMARTS) is 1. The highest BCUT2D eigenvalue weighted by molar-refractivity contribution is 9.10. The quantitative estimate of drug-likeness (QED) is 0.148. The molecule has 0 saturated heterocycles. The Kier molecular flexibility index (Phi) is 13.2. The highest BCUT2D eigenvalue weighted by Gasteiger charge is 2.22. The number of halogens is 1. The third-order valence-corrected chi connectivity index (χ3v) is 10.8. The summed E-state index contributed by atoms with van der Waals surface area (Å²) in [6, 6.07) is 65.0. The Morgan fingerprint density at radius 1 is 0.525 bits per heavy atom. The third-order valence-electron chi connectivity index (χ3n) is 10.2. The van der Waals surface area contributed by atoms with Crippen LogP contribution >= 0.6 is 15.9 Å². The Hall–Kier alpha value is -7.29. The molecule has 0 spiro atoms. The van der Waals surface area contributed by atoms with Gasteiger partial charge in [0.05, 0.1) is 11.4 Å². The zero-order chi connectivity index (χ0) is 41.4. The zero-order valence-electron chi connectivity index (χ0n) is 33.1. The first-order chi connectivity index (χ1) is 29.4. The van der Waals surface area contributed by atoms with E-state index in [0.717, 1.165) is 72.0 Å². The van der Waals surface area contributed by atoms with Crippen molar-refractivity contribution in [3.8, 4) is 73.0 Å². The molecule has 0 fully saturated rings. The Bertz CT molecular complexity index is 2870. The van der Waals surface area contributed by atoms with Gasteiger partial charge in [-0.15, -0.1) is 0 Å². The Labute approximate surface area is 365 Å². The summed E-state index contributed by atoms with van der Waals surface area (Å²) in [6.07, 6.45) is 0. The maximum absolute atomic E-state index is 10.9. The van der Waals surface area contributed by atoms with Crippen molar-refractivity contribution in [2.75, 3.05) is 6.61 Å². The van der Waals surface area contributed by atoms with E-state index in [9.17, 15) is 4.79 Å². The predicted octanol–water partition coefficient (Wildman–Crippen LogP) is 13.6. The molecule has 0 aliphatic rings. The van der Waals surface area contributed by atoms with Gasteiger partial charge >= 0.3 is 5.97 Å². The fraction of sp³-hybridized carbons (Fsp3) is 0.0755. The van der Waals surface area contributed by atoms with Crippen molar-refractivity contribution in [3.63, 3.8) is 0 Å². The van der Waals surface area contributed by atoms with Crippen molar-refractivity contribution in [2.24, 2.45) is 0 Å². The summed E-state index contributed by atoms with van der Waals surface area (Å²) in [7, 11) is 0. The number of hydrogen-bond acceptors (Lipinski definition) is 4. The van der Waals surface area contributed by atoms with E-state index in [4.69, 9.17) is 20.0 Å². The van der Waals surface area contributed by atoms with Crippen LogP contribution in [0.4, 0.5) is 0 Å². The van der Waals surface area contributed by atoms with Gasteiger partial charge in [0.2, 0.25) is 0 Å². The molecule has 7 aromatic carbocycles. The smallest absolute Gasteiger partial charge is 0.341 e. The molecule has 0 aliphatic carbocycles. The van der Waals surface area contributed by atoms with E-state index in [1.54, 1.807) is 6.07 Å². The van der Waals surface area contributed by atoms with Crippen LogP contribution in [0.2, 0.25) is 0 Å². The van der Waals surface area contributed by atoms with Crippen LogP contribution in [0.3, 0.4) is 0 Å². The van der Waals surface area contributed by atoms with Gasteiger partial charge in [-0.2, -0.15) is 10.2 Å². The number of carboxylic acids is 1. The van der Waals surface area contributed by atoms with Gasteiger partial charge in [0.25, 0.3) is 0 Å². The average molecular weight is 866 g/mol. The molecule has 0 amide bonds. The topological polar surface area (TPSA) is 82.2 Å². The summed E-state index contributed by atoms with van der Waals surface area (Å²) in [6.45, 7) is 3.83. The second-order valence-electron chi connectivity index (χ2n) is 14.1. The average Bonchev–Trinajstić information content (AvgIpc) is 3.83. The van der Waals surface area contributed by atoms with Crippen molar-refractivity contribution in [1.82, 2.24) is 19.6 Å². The monoisotopic (exact) mass is 864 g/mol. The summed E-state index contributed by atoms with van der Waals surface area (Å²) in [4.78, 5) is 10.9. The number of aliphatic carboxylic acids is 1. The van der Waals surface area contributed by atoms with Gasteiger partial charge in [-0.1, -0.05) is 171 Å². The van der Waals surface area contributed by atoms with E-state index >= 15 is 0 Å². The van der Waals surface area contributed by atoms with Gasteiger partial charge in [-0.3, -0.25) is 0 Å². The highest BCUT2D eigenvalue weighted by Crippen LogP contribution is 2.39. The third kappa shape index (κ3) is 9.15. The van der Waals surface area contributed by atoms with Crippen LogP contribution in [0.25, 0.3) is 67.3 Å². The normalized spacial score (nSPS) is 10.6. The summed E-state index contributed by atoms with van der Waals surface area (Å²) in [5, 5.41) is 19.0. The molecule has 302 valence electrons. The molecule has 9 aromatic rings. The van der Waals surface area contributed by atoms with E-state index in [1.165, 1.54) is 11.1 Å². The van der Waals surface area contributed by atoms with Crippen LogP contribution in [0.5, 0.6) is 5.75 Å². The minimum atomic E-state index is -1.01. The maximum Gasteiger partial charge on any atom is 0.341 e. The fourth-order valence-corrected chi connectivity index (χ4v) is 7.85. The number of aromatic nitrogens is 4. The molecule has 8 heteroatoms. The van der Waals surface area contributed by atoms with Crippen LogP contribution < -0.4 is 4.74 Å². The largest absolute Gasteiger partial charge is 0.482 e. The Balaban J connectivity index is 0.000000191. The molecule has 1 N–H and O–H groups in total. The summed E-state index contributed by atoms with van der Waals surface area (Å²) >= 11 is 3.65. The first-order valence-electron chi connectivity index (χ1n) is 19.6. The lowest BCUT2D eigenvalue weighted by Crippen LogP contribution is -2.09. The van der Waals surface area contributed by atoms with Gasteiger partial charge in [0.1, 0.15) is 17.1 Å². The van der Waals surface area contributed by atoms with Crippen LogP contribution in [0, 0.1) is 13.8 Å². The van der Waals surface area contributed by atoms with E-state index in [-0.39, 0.29) is 14.0 Å². The SMILES string of the molecule is C.Cc1c(-c2ccccc2)c(-c2ccccc2)nn1-c1ccccc1-c1cccc(OCC(=O)O)c1.Cc1c(-c2ccccc2)c(-c2ccccc2)nn1-c1ccccc1Br. The molecule has 61 heavy (non-hydrogen) atoms. The number of hydrogen-bond donors (Lipinski definition) is 1. The number of nitrogens with zero attached hydrogens (tertiary/aromatic N) is 4. The molecule has 0 saturated carbocycles. The molecule has 0 bridgehead atoms. The molecule has 0 atom stereocenters. The molecule has 7 nitrogen and oxygen atoms in total. The van der Waals surface area contributed by atoms with E-state index in [2.05, 4.69) is 109 Å². The number of rotatable bonds is 10. The molecule has 0 unspecified atom stereocenters. The van der Waals surface area contributed by atoms with Gasteiger partial charge < -0.3 is 9.84 Å². The second-order valence-corrected chi connectivity index (χ2v) is 14.9. The standard InChI is InChI=1S/C30H24N2O3.C22H17BrN2.CH4/c1-21-29(22-11-4-2-5-12-22)30(23-13-6-3-7-14-23)31-32(21)27-18-9-8-17-26(27)24-15-10-16-25(19-24)35-20-28(33)34;1-16-21(17-10-4-2-5-11-17)22(18-12-6-3-7-13-18)24-25(16)20-15-9-8-14-19(20)23;/h2-19H,20H2,1H3,(H,33,34);2-15H,1H3;1H4. The number of ether oxygens (including phenoxy) is 1. The fourth-order valence-electron chi connectivity index (χ4n) is 7.40. The van der Waals surface area contributed by atoms with Crippen molar-refractivity contribution in [2.45, 2.75) is 21.3 Å². The van der Waals surface area contributed by atoms with Crippen molar-refractivity contribution < 1.29 is 14.6 Å². The van der Waals surface area contributed by atoms with Gasteiger partial charge in [0.15, 0.2) is 6.61 Å².